The van der Waals surface area contributed by atoms with Gasteiger partial charge in [0.25, 0.3) is 0 Å². The third-order valence-electron chi connectivity index (χ3n) is 9.05. The van der Waals surface area contributed by atoms with Crippen molar-refractivity contribution in [2.45, 2.75) is 140 Å². The first-order valence-electron chi connectivity index (χ1n) is 18.3. The van der Waals surface area contributed by atoms with Crippen molar-refractivity contribution in [3.63, 3.8) is 0 Å². The zero-order chi connectivity index (χ0) is 36.8. The lowest BCUT2D eigenvalue weighted by atomic mass is 9.82. The molecule has 1 amide bonds. The second-order valence-electron chi connectivity index (χ2n) is 13.1. The Morgan fingerprint density at radius 2 is 1.54 bits per heavy atom. The Hall–Kier alpha value is -3.09. The molecule has 0 radical (unpaired) electrons. The number of methoxy groups -OCH3 is 1. The van der Waals surface area contributed by atoms with Gasteiger partial charge in [0.15, 0.2) is 11.4 Å². The summed E-state index contributed by atoms with van der Waals surface area (Å²) in [5.41, 5.74) is -2.47. The molecule has 0 saturated carbocycles. The van der Waals surface area contributed by atoms with Crippen LogP contribution in [-0.2, 0) is 35.0 Å². The van der Waals surface area contributed by atoms with Crippen molar-refractivity contribution in [3.8, 4) is 5.75 Å². The molecule has 0 unspecified atom stereocenters. The summed E-state index contributed by atoms with van der Waals surface area (Å²) in [7, 11) is 1.14. The second-order valence-corrected chi connectivity index (χ2v) is 13.1. The fourth-order valence-electron chi connectivity index (χ4n) is 6.09. The molecule has 3 N–H and O–H groups in total. The molecule has 1 aromatic rings. The maximum atomic E-state index is 13.5. The lowest BCUT2D eigenvalue weighted by Crippen LogP contribution is -2.55. The molecule has 0 aromatic heterocycles. The summed E-state index contributed by atoms with van der Waals surface area (Å²) in [5.74, 6) is -5.64. The van der Waals surface area contributed by atoms with E-state index in [2.05, 4.69) is 19.2 Å². The Morgan fingerprint density at radius 3 is 2.10 bits per heavy atom. The molecule has 284 valence electrons. The number of nitrogens with one attached hydrogen (secondary N) is 1. The first kappa shape index (κ1) is 43.1. The lowest BCUT2D eigenvalue weighted by Gasteiger charge is -2.30. The summed E-state index contributed by atoms with van der Waals surface area (Å²) in [6, 6.07) is 5.61. The molecule has 0 spiro atoms. The number of carboxylic acid groups (broad SMARTS) is 1. The molecular weight excluding hydrogens is 652 g/mol. The van der Waals surface area contributed by atoms with Gasteiger partial charge in [-0.1, -0.05) is 83.1 Å². The molecule has 2 rings (SSSR count). The number of benzene rings is 1. The number of aliphatic carboxylic acids is 1. The highest BCUT2D eigenvalue weighted by Gasteiger charge is 2.49. The molecule has 1 aliphatic rings. The van der Waals surface area contributed by atoms with Crippen LogP contribution in [0.3, 0.4) is 0 Å². The van der Waals surface area contributed by atoms with E-state index in [4.69, 9.17) is 18.9 Å². The monoisotopic (exact) mass is 711 g/mol. The Morgan fingerprint density at radius 1 is 0.940 bits per heavy atom. The van der Waals surface area contributed by atoms with Gasteiger partial charge < -0.3 is 34.5 Å². The highest BCUT2D eigenvalue weighted by Crippen LogP contribution is 2.32. The fraction of sp³-hybridized carbons (Fsp3) is 0.711. The van der Waals surface area contributed by atoms with Crippen LogP contribution in [0.2, 0.25) is 0 Å². The van der Waals surface area contributed by atoms with Gasteiger partial charge in [0.2, 0.25) is 12.3 Å². The first-order chi connectivity index (χ1) is 24.0. The summed E-state index contributed by atoms with van der Waals surface area (Å²) < 4.78 is 49.5. The van der Waals surface area contributed by atoms with Crippen molar-refractivity contribution in [2.24, 2.45) is 5.92 Å². The Balaban J connectivity index is 2.03. The molecule has 3 atom stereocenters. The lowest BCUT2D eigenvalue weighted by molar-refractivity contribution is -0.171. The molecule has 1 heterocycles. The molecule has 1 fully saturated rings. The van der Waals surface area contributed by atoms with Gasteiger partial charge in [0, 0.05) is 25.7 Å². The first-order valence-corrected chi connectivity index (χ1v) is 18.3. The average molecular weight is 712 g/mol. The quantitative estimate of drug-likeness (QED) is 0.0493. The van der Waals surface area contributed by atoms with E-state index in [9.17, 15) is 33.4 Å². The number of rotatable bonds is 27. The van der Waals surface area contributed by atoms with E-state index < -0.39 is 54.0 Å². The normalized spacial score (nSPS) is 16.6. The van der Waals surface area contributed by atoms with E-state index in [0.717, 1.165) is 71.0 Å². The van der Waals surface area contributed by atoms with Crippen LogP contribution < -0.4 is 10.1 Å². The van der Waals surface area contributed by atoms with E-state index in [1.165, 1.54) is 25.3 Å². The zero-order valence-corrected chi connectivity index (χ0v) is 30.1. The number of carbonyl (C=O) groups excluding carboxylic acids is 2. The minimum absolute atomic E-state index is 0.0271. The summed E-state index contributed by atoms with van der Waals surface area (Å²) in [6.45, 7) is 6.00. The number of carbonyl (C=O) groups is 3. The van der Waals surface area contributed by atoms with E-state index in [1.807, 2.05) is 0 Å². The summed E-state index contributed by atoms with van der Waals surface area (Å²) in [5, 5.41) is 23.2. The van der Waals surface area contributed by atoms with Gasteiger partial charge in [0.05, 0.1) is 32.8 Å². The fourth-order valence-corrected chi connectivity index (χ4v) is 6.09. The van der Waals surface area contributed by atoms with Crippen LogP contribution in [0.25, 0.3) is 0 Å². The van der Waals surface area contributed by atoms with Crippen LogP contribution >= 0.6 is 0 Å². The number of alkyl halides is 2. The van der Waals surface area contributed by atoms with Crippen LogP contribution in [-0.4, -0.2) is 78.8 Å². The Kier molecular flexibility index (Phi) is 20.2. The standard InChI is InChI=1S/C38H59F2NO9/c1-4-6-8-12-15-22-37(49-25-26-50-37)23-16-13-10-9-11-14-17-31(38(46,36(44)45)28-33(39)40)34(42)41-32(35(43)47-3)27-29-18-20-30(21-19-29)48-24-7-5-2/h14,17-21,31-33,46H,4-13,15-16,22-28H2,1-3H3,(H,41,42)(H,44,45)/t31-,32+,38+/m1/s1. The molecule has 1 aromatic carbocycles. The number of allylic oxidation sites excluding steroid dienone is 1. The van der Waals surface area contributed by atoms with E-state index in [0.29, 0.717) is 44.0 Å². The van der Waals surface area contributed by atoms with Crippen LogP contribution in [0.4, 0.5) is 8.78 Å². The molecule has 12 heteroatoms. The number of amides is 1. The smallest absolute Gasteiger partial charge is 0.337 e. The number of aliphatic hydroxyl groups is 1. The minimum atomic E-state index is -3.21. The molecule has 10 nitrogen and oxygen atoms in total. The molecule has 1 saturated heterocycles. The van der Waals surface area contributed by atoms with E-state index in [1.54, 1.807) is 24.3 Å². The molecular formula is C38H59F2NO9. The van der Waals surface area contributed by atoms with E-state index >= 15 is 0 Å². The van der Waals surface area contributed by atoms with Crippen LogP contribution in [0.15, 0.2) is 36.4 Å². The topological polar surface area (TPSA) is 141 Å². The van der Waals surface area contributed by atoms with Gasteiger partial charge in [-0.25, -0.2) is 18.4 Å². The van der Waals surface area contributed by atoms with Gasteiger partial charge in [-0.3, -0.25) is 4.79 Å². The highest BCUT2D eigenvalue weighted by molar-refractivity contribution is 5.92. The van der Waals surface area contributed by atoms with Crippen LogP contribution in [0.1, 0.15) is 116 Å². The number of ether oxygens (including phenoxy) is 4. The van der Waals surface area contributed by atoms with Crippen molar-refractivity contribution in [2.75, 3.05) is 26.9 Å². The average Bonchev–Trinajstić information content (AvgIpc) is 3.55. The predicted molar refractivity (Wildman–Crippen MR) is 186 cm³/mol. The molecule has 1 aliphatic heterocycles. The van der Waals surface area contributed by atoms with Gasteiger partial charge in [-0.05, 0) is 49.8 Å². The Labute approximate surface area is 296 Å². The zero-order valence-electron chi connectivity index (χ0n) is 30.1. The maximum absolute atomic E-state index is 13.5. The van der Waals surface area contributed by atoms with Gasteiger partial charge in [0.1, 0.15) is 11.8 Å². The van der Waals surface area contributed by atoms with E-state index in [-0.39, 0.29) is 6.42 Å². The summed E-state index contributed by atoms with van der Waals surface area (Å²) in [4.78, 5) is 38.3. The number of hydrogen-bond acceptors (Lipinski definition) is 8. The second kappa shape index (κ2) is 23.4. The highest BCUT2D eigenvalue weighted by atomic mass is 19.3. The largest absolute Gasteiger partial charge is 0.494 e. The number of carboxylic acids is 1. The summed E-state index contributed by atoms with van der Waals surface area (Å²) >= 11 is 0. The van der Waals surface area contributed by atoms with Crippen molar-refractivity contribution in [1.29, 1.82) is 0 Å². The number of unbranched alkanes of at least 4 members (excludes halogenated alkanes) is 9. The number of hydrogen-bond donors (Lipinski definition) is 3. The summed E-state index contributed by atoms with van der Waals surface area (Å²) in [6.07, 6.45) is 11.1. The molecule has 50 heavy (non-hydrogen) atoms. The Bertz CT molecular complexity index is 1160. The van der Waals surface area contributed by atoms with Crippen molar-refractivity contribution in [3.05, 3.63) is 42.0 Å². The minimum Gasteiger partial charge on any atom is -0.494 e. The SMILES string of the molecule is CCCCCCCC1(CCCCCCC=C[C@H](C(=O)N[C@@H](Cc2ccc(OCCCC)cc2)C(=O)OC)[C@@](O)(CC(F)F)C(=O)O)OCCO1. The predicted octanol–water partition coefficient (Wildman–Crippen LogP) is 7.15. The molecule has 0 aliphatic carbocycles. The third kappa shape index (κ3) is 15.0. The third-order valence-corrected chi connectivity index (χ3v) is 9.05. The number of esters is 1. The van der Waals surface area contributed by atoms with Crippen LogP contribution in [0, 0.1) is 5.92 Å². The van der Waals surface area contributed by atoms with Gasteiger partial charge in [-0.15, -0.1) is 0 Å². The number of halogens is 2. The molecule has 0 bridgehead atoms. The maximum Gasteiger partial charge on any atom is 0.337 e. The van der Waals surface area contributed by atoms with Gasteiger partial charge in [-0.2, -0.15) is 0 Å². The van der Waals surface area contributed by atoms with Gasteiger partial charge >= 0.3 is 11.9 Å². The van der Waals surface area contributed by atoms with Crippen LogP contribution in [0.5, 0.6) is 5.75 Å². The van der Waals surface area contributed by atoms with Crippen molar-refractivity contribution < 1.29 is 52.3 Å². The van der Waals surface area contributed by atoms with Crippen molar-refractivity contribution in [1.82, 2.24) is 5.32 Å². The van der Waals surface area contributed by atoms with Crippen molar-refractivity contribution >= 4 is 17.8 Å².